The number of hydrogen-bond donors (Lipinski definition) is 2. The summed E-state index contributed by atoms with van der Waals surface area (Å²) in [4.78, 5) is 11.7. The van der Waals surface area contributed by atoms with Gasteiger partial charge in [0.25, 0.3) is 0 Å². The van der Waals surface area contributed by atoms with Gasteiger partial charge in [-0.2, -0.15) is 0 Å². The van der Waals surface area contributed by atoms with E-state index in [1.807, 2.05) is 32.0 Å². The van der Waals surface area contributed by atoms with Crippen molar-refractivity contribution in [2.75, 3.05) is 0 Å². The number of carbonyl (C=O) groups excluding carboxylic acids is 1. The second-order valence-electron chi connectivity index (χ2n) is 4.95. The standard InChI is InChI=1S/C14H19NO2/c1-9(2)14(17)15-13-11-6-4-3-5-10(11)7-8-12(13)16/h3-6,9,12-13,16H,7-8H2,1-2H3,(H,15,17)/t12-,13+/m0/s1. The lowest BCUT2D eigenvalue weighted by molar-refractivity contribution is -0.125. The minimum absolute atomic E-state index is 0.00856. The number of nitrogens with one attached hydrogen (secondary N) is 1. The first kappa shape index (κ1) is 12.1. The molecule has 2 rings (SSSR count). The summed E-state index contributed by atoms with van der Waals surface area (Å²) in [6, 6.07) is 7.75. The van der Waals surface area contributed by atoms with Gasteiger partial charge in [-0.05, 0) is 24.0 Å². The van der Waals surface area contributed by atoms with Crippen molar-refractivity contribution in [1.82, 2.24) is 5.32 Å². The molecule has 0 bridgehead atoms. The number of carbonyl (C=O) groups is 1. The van der Waals surface area contributed by atoms with Gasteiger partial charge in [0.15, 0.2) is 0 Å². The molecule has 17 heavy (non-hydrogen) atoms. The van der Waals surface area contributed by atoms with E-state index in [4.69, 9.17) is 0 Å². The van der Waals surface area contributed by atoms with Crippen molar-refractivity contribution in [2.24, 2.45) is 5.92 Å². The quantitative estimate of drug-likeness (QED) is 0.818. The molecule has 0 aromatic heterocycles. The van der Waals surface area contributed by atoms with Crippen LogP contribution < -0.4 is 5.32 Å². The van der Waals surface area contributed by atoms with Gasteiger partial charge in [0, 0.05) is 5.92 Å². The molecule has 0 unspecified atom stereocenters. The van der Waals surface area contributed by atoms with Crippen LogP contribution in [0.3, 0.4) is 0 Å². The zero-order chi connectivity index (χ0) is 12.4. The van der Waals surface area contributed by atoms with E-state index < -0.39 is 6.10 Å². The molecule has 0 heterocycles. The van der Waals surface area contributed by atoms with Crippen LogP contribution in [0.4, 0.5) is 0 Å². The van der Waals surface area contributed by atoms with Crippen LogP contribution in [-0.2, 0) is 11.2 Å². The van der Waals surface area contributed by atoms with Crippen molar-refractivity contribution in [1.29, 1.82) is 0 Å². The Morgan fingerprint density at radius 2 is 2.12 bits per heavy atom. The highest BCUT2D eigenvalue weighted by Gasteiger charge is 2.29. The molecule has 2 N–H and O–H groups in total. The van der Waals surface area contributed by atoms with Crippen molar-refractivity contribution in [3.63, 3.8) is 0 Å². The topological polar surface area (TPSA) is 49.3 Å². The van der Waals surface area contributed by atoms with Crippen LogP contribution in [0, 0.1) is 5.92 Å². The van der Waals surface area contributed by atoms with Gasteiger partial charge in [-0.15, -0.1) is 0 Å². The number of fused-ring (bicyclic) bond motifs is 1. The number of benzene rings is 1. The number of aliphatic hydroxyl groups excluding tert-OH is 1. The van der Waals surface area contributed by atoms with Crippen molar-refractivity contribution in [3.05, 3.63) is 35.4 Å². The second kappa shape index (κ2) is 4.88. The molecule has 0 saturated heterocycles. The first-order valence-corrected chi connectivity index (χ1v) is 6.16. The molecule has 0 fully saturated rings. The molecule has 0 saturated carbocycles. The first-order valence-electron chi connectivity index (χ1n) is 6.16. The van der Waals surface area contributed by atoms with Crippen LogP contribution >= 0.6 is 0 Å². The lowest BCUT2D eigenvalue weighted by Gasteiger charge is -2.31. The zero-order valence-corrected chi connectivity index (χ0v) is 10.3. The van der Waals surface area contributed by atoms with E-state index in [9.17, 15) is 9.90 Å². The average molecular weight is 233 g/mol. The Balaban J connectivity index is 2.24. The fourth-order valence-corrected chi connectivity index (χ4v) is 2.24. The Labute approximate surface area is 102 Å². The molecule has 3 nitrogen and oxygen atoms in total. The first-order chi connectivity index (χ1) is 8.09. The van der Waals surface area contributed by atoms with E-state index in [1.165, 1.54) is 5.56 Å². The minimum atomic E-state index is -0.479. The number of amides is 1. The van der Waals surface area contributed by atoms with Crippen molar-refractivity contribution in [3.8, 4) is 0 Å². The maximum atomic E-state index is 11.7. The SMILES string of the molecule is CC(C)C(=O)N[C@@H]1c2ccccc2CC[C@@H]1O. The van der Waals surface area contributed by atoms with Crippen molar-refractivity contribution < 1.29 is 9.90 Å². The summed E-state index contributed by atoms with van der Waals surface area (Å²) in [6.45, 7) is 3.72. The molecule has 1 amide bonds. The third-order valence-corrected chi connectivity index (χ3v) is 3.31. The van der Waals surface area contributed by atoms with Gasteiger partial charge in [0.1, 0.15) is 0 Å². The molecule has 3 heteroatoms. The highest BCUT2D eigenvalue weighted by Crippen LogP contribution is 2.30. The van der Waals surface area contributed by atoms with Crippen LogP contribution in [-0.4, -0.2) is 17.1 Å². The van der Waals surface area contributed by atoms with Gasteiger partial charge in [-0.1, -0.05) is 38.1 Å². The third-order valence-electron chi connectivity index (χ3n) is 3.31. The van der Waals surface area contributed by atoms with Gasteiger partial charge in [-0.3, -0.25) is 4.79 Å². The zero-order valence-electron chi connectivity index (χ0n) is 10.3. The molecule has 1 aromatic rings. The number of aryl methyl sites for hydroxylation is 1. The van der Waals surface area contributed by atoms with Gasteiger partial charge in [0.2, 0.25) is 5.91 Å². The van der Waals surface area contributed by atoms with Gasteiger partial charge in [-0.25, -0.2) is 0 Å². The normalized spacial score (nSPS) is 23.3. The summed E-state index contributed by atoms with van der Waals surface area (Å²) in [5.41, 5.74) is 2.28. The lowest BCUT2D eigenvalue weighted by Crippen LogP contribution is -2.40. The summed E-state index contributed by atoms with van der Waals surface area (Å²) >= 11 is 0. The van der Waals surface area contributed by atoms with E-state index in [1.54, 1.807) is 0 Å². The van der Waals surface area contributed by atoms with Gasteiger partial charge >= 0.3 is 0 Å². The van der Waals surface area contributed by atoms with Crippen LogP contribution in [0.2, 0.25) is 0 Å². The smallest absolute Gasteiger partial charge is 0.223 e. The van der Waals surface area contributed by atoms with Crippen LogP contribution in [0.15, 0.2) is 24.3 Å². The molecule has 92 valence electrons. The Morgan fingerprint density at radius 1 is 1.41 bits per heavy atom. The predicted molar refractivity (Wildman–Crippen MR) is 66.5 cm³/mol. The fraction of sp³-hybridized carbons (Fsp3) is 0.500. The summed E-state index contributed by atoms with van der Waals surface area (Å²) in [5, 5.41) is 13.0. The third kappa shape index (κ3) is 2.50. The molecule has 0 radical (unpaired) electrons. The minimum Gasteiger partial charge on any atom is -0.391 e. The predicted octanol–water partition coefficient (Wildman–Crippen LogP) is 1.81. The summed E-state index contributed by atoms with van der Waals surface area (Å²) in [6.07, 6.45) is 1.11. The second-order valence-corrected chi connectivity index (χ2v) is 4.95. The summed E-state index contributed by atoms with van der Waals surface area (Å²) in [5.74, 6) is -0.0676. The van der Waals surface area contributed by atoms with E-state index in [-0.39, 0.29) is 17.9 Å². The molecule has 1 aliphatic rings. The molecule has 0 spiro atoms. The molecule has 2 atom stereocenters. The summed E-state index contributed by atoms with van der Waals surface area (Å²) in [7, 11) is 0. The molecule has 0 aliphatic heterocycles. The fourth-order valence-electron chi connectivity index (χ4n) is 2.24. The van der Waals surface area contributed by atoms with Gasteiger partial charge in [0.05, 0.1) is 12.1 Å². The van der Waals surface area contributed by atoms with Crippen molar-refractivity contribution >= 4 is 5.91 Å². The molecule has 1 aliphatic carbocycles. The highest BCUT2D eigenvalue weighted by molar-refractivity contribution is 5.78. The van der Waals surface area contributed by atoms with E-state index in [0.717, 1.165) is 12.0 Å². The highest BCUT2D eigenvalue weighted by atomic mass is 16.3. The average Bonchev–Trinajstić information content (AvgIpc) is 2.32. The van der Waals surface area contributed by atoms with Crippen LogP contribution in [0.25, 0.3) is 0 Å². The van der Waals surface area contributed by atoms with Crippen molar-refractivity contribution in [2.45, 2.75) is 38.8 Å². The number of aliphatic hydroxyl groups is 1. The van der Waals surface area contributed by atoms with E-state index in [2.05, 4.69) is 11.4 Å². The molecular weight excluding hydrogens is 214 g/mol. The maximum absolute atomic E-state index is 11.7. The molecule has 1 aromatic carbocycles. The molecular formula is C14H19NO2. The Bertz CT molecular complexity index is 414. The van der Waals surface area contributed by atoms with Crippen LogP contribution in [0.1, 0.15) is 37.4 Å². The largest absolute Gasteiger partial charge is 0.391 e. The number of hydrogen-bond acceptors (Lipinski definition) is 2. The Morgan fingerprint density at radius 3 is 2.82 bits per heavy atom. The van der Waals surface area contributed by atoms with E-state index in [0.29, 0.717) is 6.42 Å². The Kier molecular flexibility index (Phi) is 3.48. The summed E-state index contributed by atoms with van der Waals surface area (Å²) < 4.78 is 0. The van der Waals surface area contributed by atoms with Crippen LogP contribution in [0.5, 0.6) is 0 Å². The Hall–Kier alpha value is -1.35. The van der Waals surface area contributed by atoms with E-state index >= 15 is 0 Å². The monoisotopic (exact) mass is 233 g/mol. The maximum Gasteiger partial charge on any atom is 0.223 e. The number of rotatable bonds is 2. The van der Waals surface area contributed by atoms with Gasteiger partial charge < -0.3 is 10.4 Å². The lowest BCUT2D eigenvalue weighted by atomic mass is 9.85.